The molecule has 1 aliphatic heterocycles. The number of hydrogen-bond donors (Lipinski definition) is 1. The molecule has 2 atom stereocenters. The van der Waals surface area contributed by atoms with Crippen LogP contribution < -0.4 is 10.1 Å². The Morgan fingerprint density at radius 1 is 1.39 bits per heavy atom. The average molecular weight is 257 g/mol. The van der Waals surface area contributed by atoms with Crippen molar-refractivity contribution in [3.63, 3.8) is 0 Å². The van der Waals surface area contributed by atoms with Crippen LogP contribution in [0.15, 0.2) is 18.2 Å². The fourth-order valence-corrected chi connectivity index (χ4v) is 2.12. The normalized spacial score (nSPS) is 20.9. The molecule has 1 aromatic rings. The largest absolute Gasteiger partial charge is 0.492 e. The van der Waals surface area contributed by atoms with Crippen molar-refractivity contribution < 1.29 is 18.3 Å². The van der Waals surface area contributed by atoms with Gasteiger partial charge in [0.15, 0.2) is 0 Å². The molecule has 0 amide bonds. The van der Waals surface area contributed by atoms with Gasteiger partial charge in [-0.15, -0.1) is 0 Å². The van der Waals surface area contributed by atoms with E-state index in [0.717, 1.165) is 19.1 Å². The Kier molecular flexibility index (Phi) is 4.49. The van der Waals surface area contributed by atoms with Crippen LogP contribution in [0.3, 0.4) is 0 Å². The standard InChI is InChI=1S/C13H17F2NO2/c1-16-13(9-2-3-17-7-9)8-18-12-5-10(14)4-11(15)6-12/h4-6,9,13,16H,2-3,7-8H2,1H3. The van der Waals surface area contributed by atoms with E-state index in [1.807, 2.05) is 7.05 Å². The highest BCUT2D eigenvalue weighted by atomic mass is 19.1. The van der Waals surface area contributed by atoms with Crippen molar-refractivity contribution in [1.82, 2.24) is 5.32 Å². The lowest BCUT2D eigenvalue weighted by Crippen LogP contribution is -2.39. The Balaban J connectivity index is 1.92. The van der Waals surface area contributed by atoms with E-state index in [4.69, 9.17) is 9.47 Å². The fourth-order valence-electron chi connectivity index (χ4n) is 2.12. The lowest BCUT2D eigenvalue weighted by molar-refractivity contribution is 0.162. The third-order valence-electron chi connectivity index (χ3n) is 3.17. The number of ether oxygens (including phenoxy) is 2. The molecule has 18 heavy (non-hydrogen) atoms. The molecule has 3 nitrogen and oxygen atoms in total. The molecule has 0 aromatic heterocycles. The highest BCUT2D eigenvalue weighted by Crippen LogP contribution is 2.19. The van der Waals surface area contributed by atoms with Crippen molar-refractivity contribution in [2.45, 2.75) is 12.5 Å². The topological polar surface area (TPSA) is 30.5 Å². The maximum atomic E-state index is 13.0. The summed E-state index contributed by atoms with van der Waals surface area (Å²) in [5.41, 5.74) is 0. The van der Waals surface area contributed by atoms with Gasteiger partial charge in [0.1, 0.15) is 24.0 Å². The van der Waals surface area contributed by atoms with E-state index in [9.17, 15) is 8.78 Å². The molecule has 1 N–H and O–H groups in total. The van der Waals surface area contributed by atoms with E-state index in [0.29, 0.717) is 19.1 Å². The number of halogens is 2. The van der Waals surface area contributed by atoms with Crippen LogP contribution in [0.1, 0.15) is 6.42 Å². The van der Waals surface area contributed by atoms with Crippen molar-refractivity contribution in [2.24, 2.45) is 5.92 Å². The second kappa shape index (κ2) is 6.11. The average Bonchev–Trinajstić information content (AvgIpc) is 2.82. The van der Waals surface area contributed by atoms with E-state index in [-0.39, 0.29) is 11.8 Å². The fraction of sp³-hybridized carbons (Fsp3) is 0.538. The maximum absolute atomic E-state index is 13.0. The summed E-state index contributed by atoms with van der Waals surface area (Å²) in [6, 6.07) is 3.31. The summed E-state index contributed by atoms with van der Waals surface area (Å²) < 4.78 is 36.7. The van der Waals surface area contributed by atoms with Gasteiger partial charge in [-0.05, 0) is 13.5 Å². The van der Waals surface area contributed by atoms with E-state index < -0.39 is 11.6 Å². The highest BCUT2D eigenvalue weighted by molar-refractivity contribution is 5.23. The highest BCUT2D eigenvalue weighted by Gasteiger charge is 2.25. The molecule has 2 unspecified atom stereocenters. The number of hydrogen-bond acceptors (Lipinski definition) is 3. The minimum absolute atomic E-state index is 0.124. The first-order valence-corrected chi connectivity index (χ1v) is 6.03. The van der Waals surface area contributed by atoms with E-state index in [1.54, 1.807) is 0 Å². The van der Waals surface area contributed by atoms with Gasteiger partial charge < -0.3 is 14.8 Å². The van der Waals surface area contributed by atoms with Crippen LogP contribution in [0.2, 0.25) is 0 Å². The van der Waals surface area contributed by atoms with Gasteiger partial charge in [0.2, 0.25) is 0 Å². The molecule has 1 fully saturated rings. The minimum Gasteiger partial charge on any atom is -0.492 e. The van der Waals surface area contributed by atoms with Crippen LogP contribution in [0.4, 0.5) is 8.78 Å². The monoisotopic (exact) mass is 257 g/mol. The number of benzene rings is 1. The van der Waals surface area contributed by atoms with Crippen LogP contribution >= 0.6 is 0 Å². The molecular weight excluding hydrogens is 240 g/mol. The Morgan fingerprint density at radius 3 is 2.67 bits per heavy atom. The Morgan fingerprint density at radius 2 is 2.11 bits per heavy atom. The Bertz CT molecular complexity index is 374. The van der Waals surface area contributed by atoms with Crippen LogP contribution in [-0.4, -0.2) is 32.9 Å². The number of nitrogens with one attached hydrogen (secondary N) is 1. The van der Waals surface area contributed by atoms with Gasteiger partial charge in [-0.25, -0.2) is 8.78 Å². The summed E-state index contributed by atoms with van der Waals surface area (Å²) in [7, 11) is 1.85. The summed E-state index contributed by atoms with van der Waals surface area (Å²) in [6.07, 6.45) is 0.979. The van der Waals surface area contributed by atoms with Crippen molar-refractivity contribution in [3.05, 3.63) is 29.8 Å². The van der Waals surface area contributed by atoms with Crippen LogP contribution in [-0.2, 0) is 4.74 Å². The van der Waals surface area contributed by atoms with Crippen LogP contribution in [0, 0.1) is 17.6 Å². The molecule has 1 heterocycles. The summed E-state index contributed by atoms with van der Waals surface area (Å²) in [6.45, 7) is 1.83. The molecule has 5 heteroatoms. The first-order chi connectivity index (χ1) is 8.69. The third-order valence-corrected chi connectivity index (χ3v) is 3.17. The number of rotatable bonds is 5. The zero-order chi connectivity index (χ0) is 13.0. The van der Waals surface area contributed by atoms with Gasteiger partial charge in [0.05, 0.1) is 6.61 Å². The summed E-state index contributed by atoms with van der Waals surface area (Å²) in [5, 5.41) is 3.15. The van der Waals surface area contributed by atoms with E-state index >= 15 is 0 Å². The molecule has 0 saturated carbocycles. The van der Waals surface area contributed by atoms with Crippen molar-refractivity contribution >= 4 is 0 Å². The summed E-state index contributed by atoms with van der Waals surface area (Å²) in [4.78, 5) is 0. The molecule has 1 aliphatic rings. The number of likely N-dealkylation sites (N-methyl/N-ethyl adjacent to an activating group) is 1. The van der Waals surface area contributed by atoms with Crippen molar-refractivity contribution in [3.8, 4) is 5.75 Å². The molecule has 0 aliphatic carbocycles. The molecule has 2 rings (SSSR count). The lowest BCUT2D eigenvalue weighted by Gasteiger charge is -2.22. The third kappa shape index (κ3) is 3.40. The second-order valence-corrected chi connectivity index (χ2v) is 4.43. The maximum Gasteiger partial charge on any atom is 0.129 e. The minimum atomic E-state index is -0.629. The van der Waals surface area contributed by atoms with Gasteiger partial charge in [-0.2, -0.15) is 0 Å². The van der Waals surface area contributed by atoms with Gasteiger partial charge in [-0.1, -0.05) is 0 Å². The molecule has 1 aromatic carbocycles. The van der Waals surface area contributed by atoms with Crippen LogP contribution in [0.25, 0.3) is 0 Å². The predicted molar refractivity (Wildman–Crippen MR) is 63.6 cm³/mol. The van der Waals surface area contributed by atoms with Gasteiger partial charge in [-0.3, -0.25) is 0 Å². The lowest BCUT2D eigenvalue weighted by atomic mass is 10.00. The molecule has 100 valence electrons. The Labute approximate surface area is 105 Å². The zero-order valence-corrected chi connectivity index (χ0v) is 10.3. The van der Waals surface area contributed by atoms with E-state index in [1.165, 1.54) is 12.1 Å². The summed E-state index contributed by atoms with van der Waals surface area (Å²) in [5.74, 6) is -0.662. The molecule has 0 spiro atoms. The molecule has 0 bridgehead atoms. The summed E-state index contributed by atoms with van der Waals surface area (Å²) >= 11 is 0. The zero-order valence-electron chi connectivity index (χ0n) is 10.3. The molecule has 1 saturated heterocycles. The van der Waals surface area contributed by atoms with E-state index in [2.05, 4.69) is 5.32 Å². The van der Waals surface area contributed by atoms with Gasteiger partial charge in [0.25, 0.3) is 0 Å². The molecular formula is C13H17F2NO2. The van der Waals surface area contributed by atoms with Gasteiger partial charge >= 0.3 is 0 Å². The smallest absolute Gasteiger partial charge is 0.129 e. The first kappa shape index (κ1) is 13.2. The quantitative estimate of drug-likeness (QED) is 0.874. The van der Waals surface area contributed by atoms with Crippen LogP contribution in [0.5, 0.6) is 5.75 Å². The second-order valence-electron chi connectivity index (χ2n) is 4.43. The Hall–Kier alpha value is -1.20. The first-order valence-electron chi connectivity index (χ1n) is 6.03. The van der Waals surface area contributed by atoms with Crippen molar-refractivity contribution in [2.75, 3.05) is 26.9 Å². The van der Waals surface area contributed by atoms with Gasteiger partial charge in [0, 0.05) is 36.8 Å². The van der Waals surface area contributed by atoms with Crippen molar-refractivity contribution in [1.29, 1.82) is 0 Å². The predicted octanol–water partition coefficient (Wildman–Crippen LogP) is 1.97. The molecule has 0 radical (unpaired) electrons. The SMILES string of the molecule is CNC(COc1cc(F)cc(F)c1)C1CCOC1.